The molecular formula is C28H32FN3O4S. The lowest BCUT2D eigenvalue weighted by atomic mass is 10.00. The van der Waals surface area contributed by atoms with E-state index in [4.69, 9.17) is 4.74 Å². The number of carbonyl (C=O) groups excluding carboxylic acids is 1. The summed E-state index contributed by atoms with van der Waals surface area (Å²) in [6.45, 7) is 6.76. The Kier molecular flexibility index (Phi) is 7.57. The van der Waals surface area contributed by atoms with Crippen LogP contribution in [0.1, 0.15) is 38.3 Å². The first-order valence-corrected chi connectivity index (χ1v) is 13.6. The van der Waals surface area contributed by atoms with Gasteiger partial charge in [-0.05, 0) is 81.3 Å². The molecular weight excluding hydrogens is 493 g/mol. The number of nitrogens with one attached hydrogen (secondary N) is 1. The summed E-state index contributed by atoms with van der Waals surface area (Å²) in [5, 5.41) is 3.01. The first kappa shape index (κ1) is 26.6. The lowest BCUT2D eigenvalue weighted by molar-refractivity contribution is 0.0270. The number of halogens is 1. The van der Waals surface area contributed by atoms with Crippen LogP contribution in [0.3, 0.4) is 0 Å². The Hall–Kier alpha value is -3.43. The SMILES string of the molecule is CNCc1cc(-c2ccccc2F)n(S(=O)(=O)c2cccc(C3=CCN(C(=O)OC(C)(C)C)CC3)c2)c1. The maximum atomic E-state index is 14.7. The third-order valence-electron chi connectivity index (χ3n) is 6.00. The Labute approximate surface area is 217 Å². The molecule has 1 aromatic heterocycles. The summed E-state index contributed by atoms with van der Waals surface area (Å²) in [5.41, 5.74) is 2.34. The average Bonchev–Trinajstić information content (AvgIpc) is 3.28. The molecule has 0 spiro atoms. The molecule has 0 unspecified atom stereocenters. The van der Waals surface area contributed by atoms with Gasteiger partial charge in [-0.2, -0.15) is 0 Å². The van der Waals surface area contributed by atoms with Crippen molar-refractivity contribution >= 4 is 21.7 Å². The van der Waals surface area contributed by atoms with E-state index >= 15 is 0 Å². The molecule has 0 atom stereocenters. The molecule has 1 amide bonds. The minimum absolute atomic E-state index is 0.102. The summed E-state index contributed by atoms with van der Waals surface area (Å²) in [6, 6.07) is 14.5. The number of aromatic nitrogens is 1. The molecule has 0 saturated heterocycles. The maximum absolute atomic E-state index is 14.7. The number of amides is 1. The van der Waals surface area contributed by atoms with E-state index in [1.165, 1.54) is 18.3 Å². The van der Waals surface area contributed by atoms with Crippen molar-refractivity contribution in [3.63, 3.8) is 0 Å². The van der Waals surface area contributed by atoms with Gasteiger partial charge in [0.05, 0.1) is 10.6 Å². The van der Waals surface area contributed by atoms with Crippen LogP contribution in [0.4, 0.5) is 9.18 Å². The van der Waals surface area contributed by atoms with Crippen molar-refractivity contribution in [1.29, 1.82) is 0 Å². The Balaban J connectivity index is 1.66. The van der Waals surface area contributed by atoms with Gasteiger partial charge >= 0.3 is 6.09 Å². The van der Waals surface area contributed by atoms with Crippen LogP contribution in [0.25, 0.3) is 16.8 Å². The van der Waals surface area contributed by atoms with E-state index in [1.807, 2.05) is 32.9 Å². The van der Waals surface area contributed by atoms with Gasteiger partial charge in [-0.25, -0.2) is 21.6 Å². The molecule has 2 aromatic carbocycles. The standard InChI is InChI=1S/C28H32FN3O4S/c1-28(2,3)36-27(33)31-14-12-21(13-15-31)22-8-7-9-23(17-22)37(34,35)32-19-20(18-30-4)16-26(32)24-10-5-6-11-25(24)29/h5-12,16-17,19,30H,13-15,18H2,1-4H3. The number of hydrogen-bond donors (Lipinski definition) is 1. The maximum Gasteiger partial charge on any atom is 0.410 e. The Morgan fingerprint density at radius 1 is 1.11 bits per heavy atom. The number of nitrogens with zero attached hydrogens (tertiary/aromatic N) is 2. The van der Waals surface area contributed by atoms with E-state index in [9.17, 15) is 17.6 Å². The van der Waals surface area contributed by atoms with Crippen molar-refractivity contribution in [2.24, 2.45) is 0 Å². The predicted octanol–water partition coefficient (Wildman–Crippen LogP) is 5.27. The third kappa shape index (κ3) is 5.94. The largest absolute Gasteiger partial charge is 0.444 e. The number of rotatable bonds is 6. The van der Waals surface area contributed by atoms with Crippen LogP contribution < -0.4 is 5.32 Å². The van der Waals surface area contributed by atoms with Gasteiger partial charge in [-0.3, -0.25) is 0 Å². The molecule has 3 aromatic rings. The molecule has 9 heteroatoms. The van der Waals surface area contributed by atoms with Gasteiger partial charge in [0.2, 0.25) is 0 Å². The van der Waals surface area contributed by atoms with Crippen LogP contribution >= 0.6 is 0 Å². The minimum Gasteiger partial charge on any atom is -0.444 e. The monoisotopic (exact) mass is 525 g/mol. The molecule has 1 aliphatic heterocycles. The molecule has 7 nitrogen and oxygen atoms in total. The summed E-state index contributed by atoms with van der Waals surface area (Å²) in [7, 11) is -2.26. The van der Waals surface area contributed by atoms with Gasteiger partial charge in [0.25, 0.3) is 10.0 Å². The van der Waals surface area contributed by atoms with Crippen LogP contribution in [0.2, 0.25) is 0 Å². The van der Waals surface area contributed by atoms with Crippen molar-refractivity contribution in [2.45, 2.75) is 44.2 Å². The fourth-order valence-electron chi connectivity index (χ4n) is 4.26. The van der Waals surface area contributed by atoms with Gasteiger partial charge in [0.1, 0.15) is 11.4 Å². The fraction of sp³-hybridized carbons (Fsp3) is 0.321. The Morgan fingerprint density at radius 3 is 2.51 bits per heavy atom. The van der Waals surface area contributed by atoms with Gasteiger partial charge in [0, 0.05) is 31.4 Å². The van der Waals surface area contributed by atoms with Gasteiger partial charge in [0.15, 0.2) is 0 Å². The van der Waals surface area contributed by atoms with Crippen LogP contribution in [-0.2, 0) is 21.3 Å². The molecule has 0 saturated carbocycles. The van der Waals surface area contributed by atoms with E-state index < -0.39 is 21.4 Å². The quantitative estimate of drug-likeness (QED) is 0.474. The highest BCUT2D eigenvalue weighted by molar-refractivity contribution is 7.90. The van der Waals surface area contributed by atoms with E-state index in [1.54, 1.807) is 48.3 Å². The normalized spacial score (nSPS) is 14.4. The first-order valence-electron chi connectivity index (χ1n) is 12.1. The zero-order valence-corrected chi connectivity index (χ0v) is 22.3. The molecule has 0 fully saturated rings. The minimum atomic E-state index is -4.03. The predicted molar refractivity (Wildman–Crippen MR) is 142 cm³/mol. The molecule has 4 rings (SSSR count). The van der Waals surface area contributed by atoms with Gasteiger partial charge < -0.3 is 15.0 Å². The van der Waals surface area contributed by atoms with Crippen molar-refractivity contribution in [3.05, 3.63) is 83.8 Å². The van der Waals surface area contributed by atoms with E-state index in [0.29, 0.717) is 26.1 Å². The van der Waals surface area contributed by atoms with E-state index in [-0.39, 0.29) is 22.2 Å². The second-order valence-electron chi connectivity index (χ2n) is 9.98. The fourth-order valence-corrected chi connectivity index (χ4v) is 5.69. The molecule has 196 valence electrons. The number of carbonyl (C=O) groups is 1. The molecule has 1 N–H and O–H groups in total. The van der Waals surface area contributed by atoms with Crippen molar-refractivity contribution in [3.8, 4) is 11.3 Å². The van der Waals surface area contributed by atoms with Crippen molar-refractivity contribution < 1.29 is 22.3 Å². The van der Waals surface area contributed by atoms with Crippen LogP contribution in [0.5, 0.6) is 0 Å². The summed E-state index contributed by atoms with van der Waals surface area (Å²) < 4.78 is 48.9. The van der Waals surface area contributed by atoms with E-state index in [2.05, 4.69) is 5.32 Å². The Bertz CT molecular complexity index is 1440. The summed E-state index contributed by atoms with van der Waals surface area (Å²) in [6.07, 6.45) is 3.65. The molecule has 0 bridgehead atoms. The number of hydrogen-bond acceptors (Lipinski definition) is 5. The Morgan fingerprint density at radius 2 is 1.86 bits per heavy atom. The lowest BCUT2D eigenvalue weighted by Crippen LogP contribution is -2.39. The summed E-state index contributed by atoms with van der Waals surface area (Å²) in [5.74, 6) is -0.497. The molecule has 0 radical (unpaired) electrons. The van der Waals surface area contributed by atoms with Crippen LogP contribution in [-0.4, -0.2) is 49.1 Å². The van der Waals surface area contributed by atoms with E-state index in [0.717, 1.165) is 20.7 Å². The second kappa shape index (κ2) is 10.5. The lowest BCUT2D eigenvalue weighted by Gasteiger charge is -2.29. The van der Waals surface area contributed by atoms with Gasteiger partial charge in [-0.1, -0.05) is 30.3 Å². The zero-order chi connectivity index (χ0) is 26.8. The molecule has 1 aliphatic rings. The van der Waals surface area contributed by atoms with Crippen molar-refractivity contribution in [2.75, 3.05) is 20.1 Å². The first-order chi connectivity index (χ1) is 17.5. The van der Waals surface area contributed by atoms with Crippen LogP contribution in [0, 0.1) is 5.82 Å². The molecule has 2 heterocycles. The second-order valence-corrected chi connectivity index (χ2v) is 11.8. The smallest absolute Gasteiger partial charge is 0.410 e. The zero-order valence-electron chi connectivity index (χ0n) is 21.5. The highest BCUT2D eigenvalue weighted by atomic mass is 32.2. The summed E-state index contributed by atoms with van der Waals surface area (Å²) in [4.78, 5) is 14.1. The molecule has 37 heavy (non-hydrogen) atoms. The highest BCUT2D eigenvalue weighted by Gasteiger charge is 2.26. The van der Waals surface area contributed by atoms with Crippen molar-refractivity contribution in [1.82, 2.24) is 14.2 Å². The number of ether oxygens (including phenoxy) is 1. The summed E-state index contributed by atoms with van der Waals surface area (Å²) >= 11 is 0. The van der Waals surface area contributed by atoms with Gasteiger partial charge in [-0.15, -0.1) is 0 Å². The topological polar surface area (TPSA) is 80.6 Å². The molecule has 0 aliphatic carbocycles. The highest BCUT2D eigenvalue weighted by Crippen LogP contribution is 2.31. The van der Waals surface area contributed by atoms with Crippen LogP contribution in [0.15, 0.2) is 71.8 Å². The average molecular weight is 526 g/mol. The number of benzene rings is 2. The third-order valence-corrected chi connectivity index (χ3v) is 7.67.